The standard InChI is InChI=1S/C13H14O4/c1-9-12(17-8-15-2)4-3-11-5-10(6-14)7-16-13(9)11/h3-6H,7-8H2,1-2H3. The quantitative estimate of drug-likeness (QED) is 0.590. The highest BCUT2D eigenvalue weighted by molar-refractivity contribution is 5.84. The first-order valence-corrected chi connectivity index (χ1v) is 5.30. The molecule has 0 spiro atoms. The van der Waals surface area contributed by atoms with Crippen molar-refractivity contribution in [3.63, 3.8) is 0 Å². The van der Waals surface area contributed by atoms with Crippen LogP contribution in [0.2, 0.25) is 0 Å². The number of carbonyl (C=O) groups is 1. The molecule has 4 heteroatoms. The minimum Gasteiger partial charge on any atom is -0.488 e. The van der Waals surface area contributed by atoms with Crippen molar-refractivity contribution >= 4 is 12.4 Å². The summed E-state index contributed by atoms with van der Waals surface area (Å²) in [5.74, 6) is 1.50. The van der Waals surface area contributed by atoms with Gasteiger partial charge in [-0.15, -0.1) is 0 Å². The van der Waals surface area contributed by atoms with E-state index in [-0.39, 0.29) is 6.79 Å². The Morgan fingerprint density at radius 2 is 2.29 bits per heavy atom. The van der Waals surface area contributed by atoms with Gasteiger partial charge in [-0.1, -0.05) is 0 Å². The van der Waals surface area contributed by atoms with E-state index >= 15 is 0 Å². The molecule has 1 aliphatic heterocycles. The minimum absolute atomic E-state index is 0.203. The van der Waals surface area contributed by atoms with Gasteiger partial charge in [0.15, 0.2) is 6.79 Å². The van der Waals surface area contributed by atoms with E-state index in [4.69, 9.17) is 14.2 Å². The van der Waals surface area contributed by atoms with Crippen molar-refractivity contribution in [2.45, 2.75) is 6.92 Å². The third-order valence-corrected chi connectivity index (χ3v) is 2.59. The molecule has 1 aromatic carbocycles. The minimum atomic E-state index is 0.203. The van der Waals surface area contributed by atoms with Crippen LogP contribution in [0.25, 0.3) is 6.08 Å². The molecule has 2 rings (SSSR count). The fraction of sp³-hybridized carbons (Fsp3) is 0.308. The molecule has 17 heavy (non-hydrogen) atoms. The summed E-state index contributed by atoms with van der Waals surface area (Å²) in [4.78, 5) is 10.7. The van der Waals surface area contributed by atoms with Crippen molar-refractivity contribution in [2.75, 3.05) is 20.5 Å². The lowest BCUT2D eigenvalue weighted by molar-refractivity contribution is -0.105. The highest BCUT2D eigenvalue weighted by Crippen LogP contribution is 2.35. The molecule has 1 aliphatic rings. The van der Waals surface area contributed by atoms with Crippen molar-refractivity contribution in [1.29, 1.82) is 0 Å². The summed E-state index contributed by atoms with van der Waals surface area (Å²) in [5.41, 5.74) is 2.46. The lowest BCUT2D eigenvalue weighted by Crippen LogP contribution is -2.10. The summed E-state index contributed by atoms with van der Waals surface area (Å²) in [6.45, 7) is 2.43. The Bertz CT molecular complexity index is 463. The monoisotopic (exact) mass is 234 g/mol. The fourth-order valence-corrected chi connectivity index (χ4v) is 1.74. The molecule has 0 saturated heterocycles. The molecule has 0 atom stereocenters. The topological polar surface area (TPSA) is 44.8 Å². The van der Waals surface area contributed by atoms with Crippen molar-refractivity contribution < 1.29 is 19.0 Å². The predicted molar refractivity (Wildman–Crippen MR) is 63.2 cm³/mol. The second-order valence-electron chi connectivity index (χ2n) is 3.78. The fourth-order valence-electron chi connectivity index (χ4n) is 1.74. The van der Waals surface area contributed by atoms with E-state index in [9.17, 15) is 4.79 Å². The maximum Gasteiger partial charge on any atom is 0.188 e. The molecule has 0 unspecified atom stereocenters. The number of fused-ring (bicyclic) bond motifs is 1. The largest absolute Gasteiger partial charge is 0.488 e. The maximum absolute atomic E-state index is 10.7. The highest BCUT2D eigenvalue weighted by Gasteiger charge is 2.16. The number of benzene rings is 1. The Kier molecular flexibility index (Phi) is 3.44. The number of carbonyl (C=O) groups excluding carboxylic acids is 1. The Hall–Kier alpha value is -1.81. The van der Waals surface area contributed by atoms with Gasteiger partial charge in [0.25, 0.3) is 0 Å². The van der Waals surface area contributed by atoms with Crippen molar-refractivity contribution in [1.82, 2.24) is 0 Å². The van der Waals surface area contributed by atoms with Gasteiger partial charge in [0.1, 0.15) is 24.4 Å². The van der Waals surface area contributed by atoms with Crippen molar-refractivity contribution in [3.05, 3.63) is 28.8 Å². The van der Waals surface area contributed by atoms with Crippen LogP contribution in [0.3, 0.4) is 0 Å². The van der Waals surface area contributed by atoms with Gasteiger partial charge in [-0.05, 0) is 25.1 Å². The molecule has 0 radical (unpaired) electrons. The predicted octanol–water partition coefficient (Wildman–Crippen LogP) is 1.95. The van der Waals surface area contributed by atoms with Crippen LogP contribution in [0.1, 0.15) is 11.1 Å². The number of rotatable bonds is 4. The van der Waals surface area contributed by atoms with Crippen LogP contribution in [0, 0.1) is 6.92 Å². The molecule has 0 aromatic heterocycles. The first kappa shape index (κ1) is 11.7. The molecule has 0 saturated carbocycles. The van der Waals surface area contributed by atoms with Crippen LogP contribution in [0.5, 0.6) is 11.5 Å². The Morgan fingerprint density at radius 1 is 1.47 bits per heavy atom. The van der Waals surface area contributed by atoms with E-state index in [0.29, 0.717) is 12.2 Å². The van der Waals surface area contributed by atoms with Gasteiger partial charge in [0, 0.05) is 23.8 Å². The van der Waals surface area contributed by atoms with E-state index in [1.165, 1.54) is 0 Å². The number of ether oxygens (including phenoxy) is 3. The van der Waals surface area contributed by atoms with E-state index < -0.39 is 0 Å². The molecule has 1 heterocycles. The van der Waals surface area contributed by atoms with Crippen LogP contribution in [-0.2, 0) is 9.53 Å². The molecule has 0 N–H and O–H groups in total. The number of hydrogen-bond donors (Lipinski definition) is 0. The molecule has 1 aromatic rings. The SMILES string of the molecule is COCOc1ccc2c(c1C)OCC(C=O)=C2. The van der Waals surface area contributed by atoms with Gasteiger partial charge in [0.05, 0.1) is 0 Å². The van der Waals surface area contributed by atoms with Gasteiger partial charge in [-0.2, -0.15) is 0 Å². The summed E-state index contributed by atoms with van der Waals surface area (Å²) < 4.78 is 15.8. The van der Waals surface area contributed by atoms with E-state index in [1.807, 2.05) is 25.1 Å². The second-order valence-corrected chi connectivity index (χ2v) is 3.78. The molecule has 0 fully saturated rings. The molecule has 90 valence electrons. The second kappa shape index (κ2) is 5.01. The van der Waals surface area contributed by atoms with Gasteiger partial charge in [0.2, 0.25) is 0 Å². The maximum atomic E-state index is 10.7. The zero-order valence-corrected chi connectivity index (χ0v) is 9.86. The van der Waals surface area contributed by atoms with Crippen LogP contribution in [-0.4, -0.2) is 26.8 Å². The average molecular weight is 234 g/mol. The zero-order valence-electron chi connectivity index (χ0n) is 9.86. The molecule has 4 nitrogen and oxygen atoms in total. The Morgan fingerprint density at radius 3 is 3.00 bits per heavy atom. The summed E-state index contributed by atoms with van der Waals surface area (Å²) in [6, 6.07) is 3.72. The molecular formula is C13H14O4. The van der Waals surface area contributed by atoms with E-state index in [0.717, 1.165) is 28.9 Å². The Balaban J connectivity index is 2.34. The van der Waals surface area contributed by atoms with Gasteiger partial charge in [-0.25, -0.2) is 0 Å². The van der Waals surface area contributed by atoms with Gasteiger partial charge in [-0.3, -0.25) is 4.79 Å². The van der Waals surface area contributed by atoms with Crippen LogP contribution < -0.4 is 9.47 Å². The summed E-state index contributed by atoms with van der Waals surface area (Å²) >= 11 is 0. The number of hydrogen-bond acceptors (Lipinski definition) is 4. The first-order chi connectivity index (χ1) is 8.26. The van der Waals surface area contributed by atoms with Gasteiger partial charge < -0.3 is 14.2 Å². The number of methoxy groups -OCH3 is 1. The summed E-state index contributed by atoms with van der Waals surface area (Å²) in [5, 5.41) is 0. The smallest absolute Gasteiger partial charge is 0.188 e. The van der Waals surface area contributed by atoms with Crippen molar-refractivity contribution in [3.8, 4) is 11.5 Å². The van der Waals surface area contributed by atoms with Gasteiger partial charge >= 0.3 is 0 Å². The number of aldehydes is 1. The van der Waals surface area contributed by atoms with Crippen molar-refractivity contribution in [2.24, 2.45) is 0 Å². The van der Waals surface area contributed by atoms with Crippen LogP contribution in [0.15, 0.2) is 17.7 Å². The van der Waals surface area contributed by atoms with Crippen LogP contribution in [0.4, 0.5) is 0 Å². The first-order valence-electron chi connectivity index (χ1n) is 5.30. The molecule has 0 bridgehead atoms. The average Bonchev–Trinajstić information content (AvgIpc) is 2.37. The zero-order chi connectivity index (χ0) is 12.3. The normalized spacial score (nSPS) is 13.4. The highest BCUT2D eigenvalue weighted by atomic mass is 16.7. The van der Waals surface area contributed by atoms with E-state index in [2.05, 4.69) is 0 Å². The third kappa shape index (κ3) is 2.31. The van der Waals surface area contributed by atoms with E-state index in [1.54, 1.807) is 7.11 Å². The third-order valence-electron chi connectivity index (χ3n) is 2.59. The molecule has 0 amide bonds. The lowest BCUT2D eigenvalue weighted by atomic mass is 10.0. The molecular weight excluding hydrogens is 220 g/mol. The molecule has 0 aliphatic carbocycles. The lowest BCUT2D eigenvalue weighted by Gasteiger charge is -2.19. The summed E-state index contributed by atoms with van der Waals surface area (Å²) in [7, 11) is 1.57. The van der Waals surface area contributed by atoms with Crippen LogP contribution >= 0.6 is 0 Å². The Labute approximate surface area is 99.8 Å². The summed E-state index contributed by atoms with van der Waals surface area (Å²) in [6.07, 6.45) is 2.65.